The monoisotopic (exact) mass is 423 g/mol. The number of aromatic nitrogens is 4. The molecule has 0 saturated carbocycles. The van der Waals surface area contributed by atoms with Gasteiger partial charge in [-0.3, -0.25) is 9.35 Å². The summed E-state index contributed by atoms with van der Waals surface area (Å²) in [5.74, 6) is -0.684. The normalized spacial score (nSPS) is 10.4. The van der Waals surface area contributed by atoms with Crippen molar-refractivity contribution in [3.8, 4) is 5.69 Å². The number of anilines is 1. The topological polar surface area (TPSA) is 130 Å². The van der Waals surface area contributed by atoms with Gasteiger partial charge in [-0.15, -0.1) is 0 Å². The molecule has 0 spiro atoms. The molecule has 1 amide bonds. The first kappa shape index (κ1) is 24.1. The van der Waals surface area contributed by atoms with Crippen LogP contribution in [0.1, 0.15) is 10.4 Å². The molecular weight excluding hydrogens is 412 g/mol. The van der Waals surface area contributed by atoms with Crippen LogP contribution >= 0.6 is 12.2 Å². The number of amides is 1. The Morgan fingerprint density at radius 2 is 1.85 bits per heavy atom. The Labute approximate surface area is 203 Å². The summed E-state index contributed by atoms with van der Waals surface area (Å²) in [6.45, 7) is 0. The molecule has 13 heteroatoms. The number of hydrogen-bond donors (Lipinski definition) is 3. The first-order chi connectivity index (χ1) is 11.9. The molecule has 0 aliphatic heterocycles. The van der Waals surface area contributed by atoms with Crippen LogP contribution in [0.4, 0.5) is 5.69 Å². The predicted molar refractivity (Wildman–Crippen MR) is 90.8 cm³/mol. The van der Waals surface area contributed by atoms with Gasteiger partial charge in [-0.1, -0.05) is 28.5 Å². The Bertz CT molecular complexity index is 1110. The van der Waals surface area contributed by atoms with Gasteiger partial charge in [0.2, 0.25) is 4.77 Å². The maximum atomic E-state index is 12.4. The van der Waals surface area contributed by atoms with Crippen LogP contribution in [-0.4, -0.2) is 39.1 Å². The van der Waals surface area contributed by atoms with E-state index in [2.05, 4.69) is 20.8 Å². The molecule has 1 aromatic heterocycles. The van der Waals surface area contributed by atoms with Crippen LogP contribution in [-0.2, 0) is 10.1 Å². The first-order valence-corrected chi connectivity index (χ1v) is 8.69. The smallest absolute Gasteiger partial charge is 0.322 e. The molecule has 0 fully saturated rings. The average Bonchev–Trinajstić information content (AvgIpc) is 3.00. The van der Waals surface area contributed by atoms with Crippen molar-refractivity contribution in [3.05, 3.63) is 58.9 Å². The van der Waals surface area contributed by atoms with E-state index in [4.69, 9.17) is 12.2 Å². The van der Waals surface area contributed by atoms with Crippen LogP contribution in [0, 0.1) is 4.77 Å². The maximum Gasteiger partial charge on any atom is 1.00 e. The van der Waals surface area contributed by atoms with Gasteiger partial charge in [0.1, 0.15) is 4.90 Å². The number of nitrogens with one attached hydrogen (secondary N) is 2. The summed E-state index contributed by atoms with van der Waals surface area (Å²) >= 11 is 5.01. The van der Waals surface area contributed by atoms with Crippen LogP contribution in [0.2, 0.25) is 0 Å². The summed E-state index contributed by atoms with van der Waals surface area (Å²) < 4.78 is 33.7. The van der Waals surface area contributed by atoms with Crippen LogP contribution in [0.5, 0.6) is 0 Å². The van der Waals surface area contributed by atoms with Gasteiger partial charge >= 0.3 is 59.1 Å². The largest absolute Gasteiger partial charge is 1.00 e. The standard InChI is InChI=1S/C14H11N5O4S2.2Na/c20-13(11-6-1-2-7-12(11)25(21,22)23)15-9-4-3-5-10(8-9)19-14(24)16-17-18-19;;/h1-8H,(H,15,20)(H,16,18,24)(H,21,22,23);;/q;2*+1. The Kier molecular flexibility index (Phi) is 8.99. The molecular formula is C14H11N5Na2O4S2+2. The number of rotatable bonds is 4. The molecule has 9 nitrogen and oxygen atoms in total. The van der Waals surface area contributed by atoms with Gasteiger partial charge in [0.15, 0.2) is 0 Å². The molecule has 0 saturated heterocycles. The SMILES string of the molecule is O=C(Nc1cccc(-n2[nH]nnc2=S)c1)c1ccccc1S(=O)(=O)O.[Na+].[Na+]. The van der Waals surface area contributed by atoms with Crippen molar-refractivity contribution in [2.75, 3.05) is 5.32 Å². The summed E-state index contributed by atoms with van der Waals surface area (Å²) in [6, 6.07) is 12.0. The number of carbonyl (C=O) groups is 1. The van der Waals surface area contributed by atoms with E-state index in [1.54, 1.807) is 24.3 Å². The summed E-state index contributed by atoms with van der Waals surface area (Å²) in [5, 5.41) is 12.4. The minimum Gasteiger partial charge on any atom is -0.322 e. The van der Waals surface area contributed by atoms with Gasteiger partial charge in [-0.2, -0.15) is 13.6 Å². The second-order valence-corrected chi connectivity index (χ2v) is 6.65. The fourth-order valence-corrected chi connectivity index (χ4v) is 3.04. The molecule has 0 aliphatic carbocycles. The third-order valence-corrected chi connectivity index (χ3v) is 4.42. The number of carbonyl (C=O) groups excluding carboxylic acids is 1. The number of hydrogen-bond acceptors (Lipinski definition) is 6. The van der Waals surface area contributed by atoms with Crippen molar-refractivity contribution in [2.24, 2.45) is 0 Å². The van der Waals surface area contributed by atoms with E-state index in [9.17, 15) is 17.8 Å². The summed E-state index contributed by atoms with van der Waals surface area (Å²) in [4.78, 5) is 11.9. The molecule has 0 unspecified atom stereocenters. The van der Waals surface area contributed by atoms with Crippen molar-refractivity contribution >= 4 is 33.9 Å². The molecule has 0 aliphatic rings. The number of nitrogens with zero attached hydrogens (tertiary/aromatic N) is 3. The quantitative estimate of drug-likeness (QED) is 0.221. The number of tetrazole rings is 1. The number of benzene rings is 2. The molecule has 128 valence electrons. The fraction of sp³-hybridized carbons (Fsp3) is 0. The number of aromatic amines is 1. The Morgan fingerprint density at radius 1 is 1.15 bits per heavy atom. The fourth-order valence-electron chi connectivity index (χ4n) is 2.17. The van der Waals surface area contributed by atoms with Crippen molar-refractivity contribution in [1.82, 2.24) is 20.2 Å². The van der Waals surface area contributed by atoms with E-state index in [-0.39, 0.29) is 69.4 Å². The molecule has 0 radical (unpaired) electrons. The van der Waals surface area contributed by atoms with E-state index in [0.29, 0.717) is 11.4 Å². The van der Waals surface area contributed by atoms with Crippen LogP contribution in [0.25, 0.3) is 5.69 Å². The zero-order valence-corrected chi connectivity index (χ0v) is 20.1. The van der Waals surface area contributed by atoms with E-state index in [0.717, 1.165) is 6.07 Å². The van der Waals surface area contributed by atoms with E-state index in [1.165, 1.54) is 22.9 Å². The molecule has 0 atom stereocenters. The van der Waals surface area contributed by atoms with Crippen LogP contribution in [0.3, 0.4) is 0 Å². The van der Waals surface area contributed by atoms with Gasteiger partial charge in [-0.05, 0) is 42.5 Å². The Morgan fingerprint density at radius 3 is 2.48 bits per heavy atom. The maximum absolute atomic E-state index is 12.4. The van der Waals surface area contributed by atoms with Crippen LogP contribution < -0.4 is 64.4 Å². The van der Waals surface area contributed by atoms with E-state index in [1.807, 2.05) is 0 Å². The van der Waals surface area contributed by atoms with Crippen molar-refractivity contribution in [2.45, 2.75) is 4.90 Å². The van der Waals surface area contributed by atoms with Gasteiger partial charge in [-0.25, -0.2) is 4.68 Å². The molecule has 1 heterocycles. The minimum atomic E-state index is -4.52. The third-order valence-electron chi connectivity index (χ3n) is 3.24. The minimum absolute atomic E-state index is 0. The summed E-state index contributed by atoms with van der Waals surface area (Å²) in [6.07, 6.45) is 0. The van der Waals surface area contributed by atoms with E-state index >= 15 is 0 Å². The second kappa shape index (κ2) is 10.0. The zero-order valence-electron chi connectivity index (χ0n) is 14.4. The van der Waals surface area contributed by atoms with Crippen molar-refractivity contribution in [1.29, 1.82) is 0 Å². The molecule has 3 rings (SSSR count). The average molecular weight is 423 g/mol. The van der Waals surface area contributed by atoms with Gasteiger partial charge < -0.3 is 5.32 Å². The summed E-state index contributed by atoms with van der Waals surface area (Å²) in [5.41, 5.74) is 0.801. The predicted octanol–water partition coefficient (Wildman–Crippen LogP) is -4.17. The molecule has 2 aromatic carbocycles. The van der Waals surface area contributed by atoms with Gasteiger partial charge in [0.25, 0.3) is 16.0 Å². The Balaban J connectivity index is 0.00000182. The molecule has 27 heavy (non-hydrogen) atoms. The van der Waals surface area contributed by atoms with Gasteiger partial charge in [0, 0.05) is 5.69 Å². The van der Waals surface area contributed by atoms with E-state index < -0.39 is 20.9 Å². The first-order valence-electron chi connectivity index (χ1n) is 6.85. The molecule has 0 bridgehead atoms. The van der Waals surface area contributed by atoms with Crippen LogP contribution in [0.15, 0.2) is 53.4 Å². The second-order valence-electron chi connectivity index (χ2n) is 4.89. The van der Waals surface area contributed by atoms with Crippen molar-refractivity contribution < 1.29 is 76.9 Å². The van der Waals surface area contributed by atoms with Gasteiger partial charge in [0.05, 0.1) is 11.3 Å². The molecule has 3 aromatic rings. The third kappa shape index (κ3) is 5.79. The van der Waals surface area contributed by atoms with Crippen molar-refractivity contribution in [3.63, 3.8) is 0 Å². The molecule has 3 N–H and O–H groups in total. The number of H-pyrrole nitrogens is 1. The summed E-state index contributed by atoms with van der Waals surface area (Å²) in [7, 11) is -4.52. The zero-order chi connectivity index (χ0) is 18.0. The Hall–Kier alpha value is -0.890.